The van der Waals surface area contributed by atoms with Gasteiger partial charge in [0.25, 0.3) is 0 Å². The van der Waals surface area contributed by atoms with Crippen LogP contribution in [0.3, 0.4) is 0 Å². The molecule has 6 rings (SSSR count). The molecule has 45 heavy (non-hydrogen) atoms. The van der Waals surface area contributed by atoms with E-state index in [1.54, 1.807) is 72.8 Å². The van der Waals surface area contributed by atoms with E-state index in [9.17, 15) is 14.4 Å². The van der Waals surface area contributed by atoms with Crippen LogP contribution in [0.4, 0.5) is 11.4 Å². The van der Waals surface area contributed by atoms with Gasteiger partial charge in [-0.15, -0.1) is 0 Å². The van der Waals surface area contributed by atoms with Crippen LogP contribution < -0.4 is 20.9 Å². The number of esters is 3. The summed E-state index contributed by atoms with van der Waals surface area (Å²) >= 11 is 0. The number of hydrogen-bond acceptors (Lipinski definition) is 11. The van der Waals surface area contributed by atoms with Crippen LogP contribution in [0.1, 0.15) is 49.3 Å². The standard InChI is InChI=1S/C34H30N2O9/c35-24-9-1-20(2-10-24)31(37)42-26-13-5-22(6-14-26)33(39)44-28-17-18-40-29-19-41-34(45-30(28)29)23-7-15-27(16-8-23)43-32(38)21-3-11-25(36)12-4-21/h1-16,28-30,34H,17-19,35-36H2. The molecule has 2 fully saturated rings. The van der Waals surface area contributed by atoms with Crippen molar-refractivity contribution >= 4 is 29.3 Å². The predicted molar refractivity (Wildman–Crippen MR) is 162 cm³/mol. The van der Waals surface area contributed by atoms with Crippen LogP contribution in [-0.4, -0.2) is 49.4 Å². The minimum atomic E-state index is -0.744. The molecule has 0 aliphatic carbocycles. The van der Waals surface area contributed by atoms with Gasteiger partial charge in [-0.25, -0.2) is 14.4 Å². The van der Waals surface area contributed by atoms with Gasteiger partial charge in [-0.3, -0.25) is 0 Å². The average Bonchev–Trinajstić information content (AvgIpc) is 3.06. The first-order valence-electron chi connectivity index (χ1n) is 14.3. The van der Waals surface area contributed by atoms with Crippen molar-refractivity contribution in [2.75, 3.05) is 24.7 Å². The Hall–Kier alpha value is -5.23. The summed E-state index contributed by atoms with van der Waals surface area (Å²) < 4.78 is 34.7. The summed E-state index contributed by atoms with van der Waals surface area (Å²) in [6, 6.07) is 25.7. The summed E-state index contributed by atoms with van der Waals surface area (Å²) in [6.07, 6.45) is -1.86. The first kappa shape index (κ1) is 29.8. The van der Waals surface area contributed by atoms with Gasteiger partial charge in [0.15, 0.2) is 6.29 Å². The summed E-state index contributed by atoms with van der Waals surface area (Å²) in [4.78, 5) is 37.9. The van der Waals surface area contributed by atoms with Crippen molar-refractivity contribution in [3.05, 3.63) is 119 Å². The fraction of sp³-hybridized carbons (Fsp3) is 0.206. The molecule has 2 heterocycles. The van der Waals surface area contributed by atoms with Crippen LogP contribution in [0.5, 0.6) is 11.5 Å². The van der Waals surface area contributed by atoms with Crippen molar-refractivity contribution in [3.8, 4) is 11.5 Å². The summed E-state index contributed by atoms with van der Waals surface area (Å²) in [7, 11) is 0. The van der Waals surface area contributed by atoms with Gasteiger partial charge < -0.3 is 39.9 Å². The van der Waals surface area contributed by atoms with E-state index >= 15 is 0 Å². The zero-order chi connectivity index (χ0) is 31.3. The van der Waals surface area contributed by atoms with Crippen molar-refractivity contribution in [2.45, 2.75) is 31.0 Å². The van der Waals surface area contributed by atoms with E-state index < -0.39 is 42.5 Å². The molecule has 230 valence electrons. The predicted octanol–water partition coefficient (Wildman–Crippen LogP) is 4.72. The van der Waals surface area contributed by atoms with Crippen molar-refractivity contribution < 1.29 is 42.8 Å². The molecule has 2 aliphatic rings. The molecule has 2 aliphatic heterocycles. The molecule has 4 atom stereocenters. The quantitative estimate of drug-likeness (QED) is 0.169. The Kier molecular flexibility index (Phi) is 8.74. The second-order valence-electron chi connectivity index (χ2n) is 10.5. The number of benzene rings is 4. The maximum absolute atomic E-state index is 13.1. The second kappa shape index (κ2) is 13.2. The molecule has 0 saturated carbocycles. The SMILES string of the molecule is Nc1ccc(C(=O)Oc2ccc(C(=O)OC3CCOC4COC(c5ccc(OC(=O)c6ccc(N)cc6)cc5)OC43)cc2)cc1. The van der Waals surface area contributed by atoms with Crippen LogP contribution in [0.2, 0.25) is 0 Å². The van der Waals surface area contributed by atoms with Gasteiger partial charge in [-0.1, -0.05) is 12.1 Å². The summed E-state index contributed by atoms with van der Waals surface area (Å²) in [5.41, 5.74) is 14.2. The Morgan fingerprint density at radius 1 is 0.622 bits per heavy atom. The molecular formula is C34H30N2O9. The highest BCUT2D eigenvalue weighted by atomic mass is 16.7. The van der Waals surface area contributed by atoms with Crippen LogP contribution in [0.15, 0.2) is 97.1 Å². The number of rotatable bonds is 7. The smallest absolute Gasteiger partial charge is 0.343 e. The molecule has 0 amide bonds. The van der Waals surface area contributed by atoms with Crippen molar-refractivity contribution in [3.63, 3.8) is 0 Å². The number of anilines is 2. The Bertz CT molecular complexity index is 1660. The first-order valence-corrected chi connectivity index (χ1v) is 14.3. The van der Waals surface area contributed by atoms with E-state index in [0.29, 0.717) is 46.8 Å². The van der Waals surface area contributed by atoms with E-state index in [1.807, 2.05) is 0 Å². The zero-order valence-electron chi connectivity index (χ0n) is 24.0. The lowest BCUT2D eigenvalue weighted by molar-refractivity contribution is -0.298. The van der Waals surface area contributed by atoms with Crippen LogP contribution in [-0.2, 0) is 18.9 Å². The molecule has 11 nitrogen and oxygen atoms in total. The number of fused-ring (bicyclic) bond motifs is 1. The van der Waals surface area contributed by atoms with E-state index in [1.165, 1.54) is 24.3 Å². The molecule has 4 aromatic rings. The Labute approximate surface area is 258 Å². The molecular weight excluding hydrogens is 580 g/mol. The molecule has 0 spiro atoms. The molecule has 0 radical (unpaired) electrons. The molecule has 0 aromatic heterocycles. The largest absolute Gasteiger partial charge is 0.456 e. The highest BCUT2D eigenvalue weighted by Crippen LogP contribution is 2.34. The topological polar surface area (TPSA) is 159 Å². The highest BCUT2D eigenvalue weighted by molar-refractivity contribution is 5.92. The number of carbonyl (C=O) groups is 3. The lowest BCUT2D eigenvalue weighted by Gasteiger charge is -2.42. The maximum atomic E-state index is 13.1. The second-order valence-corrected chi connectivity index (χ2v) is 10.5. The van der Waals surface area contributed by atoms with Gasteiger partial charge in [-0.2, -0.15) is 0 Å². The third-order valence-corrected chi connectivity index (χ3v) is 7.37. The molecule has 4 N–H and O–H groups in total. The third-order valence-electron chi connectivity index (χ3n) is 7.37. The number of nitrogens with two attached hydrogens (primary N) is 2. The number of hydrogen-bond donors (Lipinski definition) is 2. The lowest BCUT2D eigenvalue weighted by atomic mass is 10.0. The monoisotopic (exact) mass is 610 g/mol. The van der Waals surface area contributed by atoms with Gasteiger partial charge >= 0.3 is 17.9 Å². The van der Waals surface area contributed by atoms with E-state index in [-0.39, 0.29) is 17.9 Å². The van der Waals surface area contributed by atoms with E-state index in [4.69, 9.17) is 39.9 Å². The number of ether oxygens (including phenoxy) is 6. The average molecular weight is 611 g/mol. The van der Waals surface area contributed by atoms with Gasteiger partial charge in [0.2, 0.25) is 0 Å². The molecule has 0 bridgehead atoms. The minimum Gasteiger partial charge on any atom is -0.456 e. The van der Waals surface area contributed by atoms with Gasteiger partial charge in [0, 0.05) is 23.4 Å². The molecule has 11 heteroatoms. The Balaban J connectivity index is 1.05. The molecule has 2 saturated heterocycles. The van der Waals surface area contributed by atoms with Gasteiger partial charge in [0.1, 0.15) is 29.8 Å². The third kappa shape index (κ3) is 7.13. The van der Waals surface area contributed by atoms with E-state index in [2.05, 4.69) is 0 Å². The van der Waals surface area contributed by atoms with Crippen LogP contribution >= 0.6 is 0 Å². The number of nitrogen functional groups attached to an aromatic ring is 2. The normalized spacial score (nSPS) is 20.8. The number of carbonyl (C=O) groups excluding carboxylic acids is 3. The summed E-state index contributed by atoms with van der Waals surface area (Å²) in [6.45, 7) is 0.621. The van der Waals surface area contributed by atoms with Gasteiger partial charge in [0.05, 0.1) is 29.9 Å². The zero-order valence-corrected chi connectivity index (χ0v) is 24.0. The van der Waals surface area contributed by atoms with Crippen molar-refractivity contribution in [1.82, 2.24) is 0 Å². The van der Waals surface area contributed by atoms with Crippen molar-refractivity contribution in [2.24, 2.45) is 0 Å². The van der Waals surface area contributed by atoms with Gasteiger partial charge in [-0.05, 0) is 84.9 Å². The molecule has 4 unspecified atom stereocenters. The summed E-state index contributed by atoms with van der Waals surface area (Å²) in [5.74, 6) is -0.961. The fourth-order valence-corrected chi connectivity index (χ4v) is 4.95. The Morgan fingerprint density at radius 2 is 1.11 bits per heavy atom. The minimum absolute atomic E-state index is 0.241. The van der Waals surface area contributed by atoms with E-state index in [0.717, 1.165) is 0 Å². The Morgan fingerprint density at radius 3 is 1.67 bits per heavy atom. The lowest BCUT2D eigenvalue weighted by Crippen LogP contribution is -2.53. The van der Waals surface area contributed by atoms with Crippen molar-refractivity contribution in [1.29, 1.82) is 0 Å². The highest BCUT2D eigenvalue weighted by Gasteiger charge is 2.43. The maximum Gasteiger partial charge on any atom is 0.343 e. The molecule has 4 aromatic carbocycles. The van der Waals surface area contributed by atoms with Crippen LogP contribution in [0.25, 0.3) is 0 Å². The summed E-state index contributed by atoms with van der Waals surface area (Å²) in [5, 5.41) is 0. The first-order chi connectivity index (χ1) is 21.8. The van der Waals surface area contributed by atoms with Crippen LogP contribution in [0, 0.1) is 0 Å². The fourth-order valence-electron chi connectivity index (χ4n) is 4.95.